The minimum absolute atomic E-state index is 0.0772. The van der Waals surface area contributed by atoms with E-state index in [1.54, 1.807) is 51.1 Å². The minimum Gasteiger partial charge on any atom is -0.445 e. The number of carbonyl (C=O) groups excluding carboxylic acids is 6. The van der Waals surface area contributed by atoms with Gasteiger partial charge in [-0.1, -0.05) is 37.6 Å². The Morgan fingerprint density at radius 1 is 1.00 bits per heavy atom. The van der Waals surface area contributed by atoms with Gasteiger partial charge >= 0.3 is 18.2 Å². The van der Waals surface area contributed by atoms with E-state index in [1.807, 2.05) is 6.92 Å². The zero-order chi connectivity index (χ0) is 41.7. The van der Waals surface area contributed by atoms with Gasteiger partial charge in [0.25, 0.3) is 0 Å². The number of hydrogen-bond acceptors (Lipinski definition) is 11. The summed E-state index contributed by atoms with van der Waals surface area (Å²) in [6, 6.07) is 4.14. The fraction of sp³-hybridized carbons (Fsp3) is 0.590. The van der Waals surface area contributed by atoms with E-state index < -0.39 is 77.0 Å². The maximum Gasteiger partial charge on any atom is 0.410 e. The Bertz CT molecular complexity index is 1750. The summed E-state index contributed by atoms with van der Waals surface area (Å²) in [6.45, 7) is 8.60. The third-order valence-electron chi connectivity index (χ3n) is 11.3. The molecule has 4 rings (SSSR count). The van der Waals surface area contributed by atoms with Crippen LogP contribution in [0.4, 0.5) is 20.1 Å². The maximum atomic E-state index is 13.4. The lowest BCUT2D eigenvalue weighted by atomic mass is 9.67. The van der Waals surface area contributed by atoms with Gasteiger partial charge in [0.05, 0.1) is 18.1 Å². The summed E-state index contributed by atoms with van der Waals surface area (Å²) in [4.78, 5) is 78.9. The van der Waals surface area contributed by atoms with Crippen LogP contribution in [-0.2, 0) is 30.5 Å². The Balaban J connectivity index is 1.27. The van der Waals surface area contributed by atoms with Crippen LogP contribution in [0.2, 0.25) is 0 Å². The molecule has 1 spiro atoms. The molecule has 5 atom stereocenters. The van der Waals surface area contributed by atoms with Gasteiger partial charge in [-0.15, -0.1) is 0 Å². The van der Waals surface area contributed by atoms with E-state index in [4.69, 9.17) is 20.9 Å². The van der Waals surface area contributed by atoms with Crippen LogP contribution in [0.25, 0.3) is 0 Å². The number of ether oxygens (including phenoxy) is 2. The molecule has 0 radical (unpaired) electrons. The minimum atomic E-state index is -1.58. The number of amides is 6. The van der Waals surface area contributed by atoms with Gasteiger partial charge in [0, 0.05) is 56.0 Å². The number of nitrogens with zero attached hydrogens (tertiary/aromatic N) is 2. The van der Waals surface area contributed by atoms with Crippen molar-refractivity contribution in [3.8, 4) is 0 Å². The van der Waals surface area contributed by atoms with Gasteiger partial charge in [-0.3, -0.25) is 14.4 Å². The number of nitrogens with two attached hydrogens (primary N) is 2. The smallest absolute Gasteiger partial charge is 0.410 e. The quantitative estimate of drug-likeness (QED) is 0.119. The summed E-state index contributed by atoms with van der Waals surface area (Å²) >= 11 is 0. The molecule has 308 valence electrons. The number of rotatable bonds is 16. The van der Waals surface area contributed by atoms with E-state index in [0.29, 0.717) is 36.1 Å². The van der Waals surface area contributed by atoms with Crippen LogP contribution in [0.3, 0.4) is 0 Å². The standard InChI is InChI=1S/C39H57N7O10/c1-22(2)29(40)33(50)44-27(9-8-16-42-34(41)51)32(49)43-25-12-10-24(11-13-25)20-55-35(52)45(6)17-18-46(7)36(53)56-31-28-23(3)39(14-15-39)38(5,54)30(48)26(28)19-37(31,4)21-47/h10-13,19,22,27,29,31,47,54H,8-9,14-18,20-21,40H2,1-7H3,(H,43,49)(H,44,50)(H3,41,42,51)/t27-,29-,31?,37?,38-/m0/s1. The Morgan fingerprint density at radius 2 is 1.61 bits per heavy atom. The summed E-state index contributed by atoms with van der Waals surface area (Å²) < 4.78 is 11.4. The predicted molar refractivity (Wildman–Crippen MR) is 206 cm³/mol. The first-order valence-electron chi connectivity index (χ1n) is 18.8. The number of aliphatic hydroxyl groups excluding tert-OH is 1. The number of ketones is 1. The molecule has 0 bridgehead atoms. The molecule has 17 nitrogen and oxygen atoms in total. The topological polar surface area (TPSA) is 256 Å². The fourth-order valence-corrected chi connectivity index (χ4v) is 7.15. The number of primary amides is 1. The molecule has 2 unspecified atom stereocenters. The van der Waals surface area contributed by atoms with Crippen LogP contribution in [0.15, 0.2) is 47.1 Å². The van der Waals surface area contributed by atoms with Crippen LogP contribution in [0.5, 0.6) is 0 Å². The molecule has 0 saturated heterocycles. The molecule has 1 saturated carbocycles. The summed E-state index contributed by atoms with van der Waals surface area (Å²) in [5.74, 6) is -1.54. The number of Topliss-reactive ketones (excluding diaryl/α,β-unsaturated/α-hetero) is 1. The van der Waals surface area contributed by atoms with Crippen LogP contribution >= 0.6 is 0 Å². The molecular formula is C39H57N7O10. The van der Waals surface area contributed by atoms with Crippen molar-refractivity contribution in [1.29, 1.82) is 0 Å². The largest absolute Gasteiger partial charge is 0.445 e. The lowest BCUT2D eigenvalue weighted by molar-refractivity contribution is -0.138. The molecule has 0 aromatic heterocycles. The number of nitrogens with one attached hydrogen (secondary N) is 3. The van der Waals surface area contributed by atoms with E-state index in [-0.39, 0.29) is 44.2 Å². The molecule has 56 heavy (non-hydrogen) atoms. The zero-order valence-corrected chi connectivity index (χ0v) is 33.3. The summed E-state index contributed by atoms with van der Waals surface area (Å²) in [6.07, 6.45) is 1.16. The Hall–Kier alpha value is -5.00. The summed E-state index contributed by atoms with van der Waals surface area (Å²) in [7, 11) is 3.03. The molecule has 0 aliphatic heterocycles. The predicted octanol–water partition coefficient (Wildman–Crippen LogP) is 1.92. The highest BCUT2D eigenvalue weighted by Gasteiger charge is 2.67. The molecule has 3 aliphatic carbocycles. The highest BCUT2D eigenvalue weighted by molar-refractivity contribution is 6.09. The van der Waals surface area contributed by atoms with Crippen molar-refractivity contribution in [1.82, 2.24) is 20.4 Å². The number of anilines is 1. The van der Waals surface area contributed by atoms with E-state index in [0.717, 1.165) is 5.57 Å². The first kappa shape index (κ1) is 43.7. The van der Waals surface area contributed by atoms with Gasteiger partial charge in [-0.25, -0.2) is 14.4 Å². The number of fused-ring (bicyclic) bond motifs is 1. The Labute approximate surface area is 327 Å². The van der Waals surface area contributed by atoms with Crippen molar-refractivity contribution in [3.05, 3.63) is 52.6 Å². The lowest BCUT2D eigenvalue weighted by Crippen LogP contribution is -2.51. The van der Waals surface area contributed by atoms with E-state index in [1.165, 1.54) is 30.8 Å². The van der Waals surface area contributed by atoms with Crippen molar-refractivity contribution >= 4 is 41.5 Å². The second-order valence-corrected chi connectivity index (χ2v) is 15.9. The van der Waals surface area contributed by atoms with Gasteiger partial charge in [0.1, 0.15) is 24.4 Å². The Kier molecular flexibility index (Phi) is 13.6. The van der Waals surface area contributed by atoms with Crippen molar-refractivity contribution in [2.75, 3.05) is 45.7 Å². The van der Waals surface area contributed by atoms with Gasteiger partial charge in [-0.05, 0) is 70.1 Å². The van der Waals surface area contributed by atoms with Crippen LogP contribution < -0.4 is 27.4 Å². The fourth-order valence-electron chi connectivity index (χ4n) is 7.15. The van der Waals surface area contributed by atoms with Crippen LogP contribution in [0.1, 0.15) is 65.9 Å². The first-order chi connectivity index (χ1) is 26.2. The molecule has 1 fully saturated rings. The number of benzene rings is 1. The van der Waals surface area contributed by atoms with Gasteiger partial charge in [0.15, 0.2) is 5.78 Å². The molecule has 0 heterocycles. The van der Waals surface area contributed by atoms with Crippen LogP contribution in [0, 0.1) is 16.7 Å². The second kappa shape index (κ2) is 17.4. The van der Waals surface area contributed by atoms with Crippen molar-refractivity contribution in [2.24, 2.45) is 28.2 Å². The maximum absolute atomic E-state index is 13.4. The molecule has 17 heteroatoms. The number of likely N-dealkylation sites (N-methyl/N-ethyl adjacent to an activating group) is 2. The van der Waals surface area contributed by atoms with Crippen molar-refractivity contribution < 1.29 is 48.5 Å². The molecule has 9 N–H and O–H groups in total. The van der Waals surface area contributed by atoms with Crippen molar-refractivity contribution in [2.45, 2.75) is 90.7 Å². The number of carbonyl (C=O) groups is 6. The average molecular weight is 784 g/mol. The van der Waals surface area contributed by atoms with Gasteiger partial charge in [-0.2, -0.15) is 0 Å². The van der Waals surface area contributed by atoms with Crippen molar-refractivity contribution in [3.63, 3.8) is 0 Å². The molecule has 1 aromatic rings. The van der Waals surface area contributed by atoms with Gasteiger partial charge in [0.2, 0.25) is 11.8 Å². The highest BCUT2D eigenvalue weighted by atomic mass is 16.6. The SMILES string of the molecule is CC1=C2C(=CC(C)(CO)C2OC(=O)N(C)CCN(C)C(=O)OCc2ccc(NC(=O)[C@H](CCCNC(N)=O)NC(=O)[C@@H](N)C(C)C)cc2)C(=O)[C@](C)(O)C12CC2. The number of aliphatic hydroxyl groups is 2. The van der Waals surface area contributed by atoms with Gasteiger partial charge < -0.3 is 56.9 Å². The van der Waals surface area contributed by atoms with E-state index in [2.05, 4.69) is 16.0 Å². The monoisotopic (exact) mass is 783 g/mol. The highest BCUT2D eigenvalue weighted by Crippen LogP contribution is 2.65. The zero-order valence-electron chi connectivity index (χ0n) is 33.3. The van der Waals surface area contributed by atoms with E-state index >= 15 is 0 Å². The third-order valence-corrected chi connectivity index (χ3v) is 11.3. The number of hydrogen-bond donors (Lipinski definition) is 7. The first-order valence-corrected chi connectivity index (χ1v) is 18.8. The van der Waals surface area contributed by atoms with Crippen LogP contribution in [-0.4, -0.2) is 120 Å². The average Bonchev–Trinajstić information content (AvgIpc) is 3.92. The number of urea groups is 1. The van der Waals surface area contributed by atoms with E-state index in [9.17, 15) is 39.0 Å². The molecule has 6 amide bonds. The second-order valence-electron chi connectivity index (χ2n) is 15.9. The summed E-state index contributed by atoms with van der Waals surface area (Å²) in [5, 5.41) is 29.4. The lowest BCUT2D eigenvalue weighted by Gasteiger charge is -2.40. The Morgan fingerprint density at radius 3 is 2.16 bits per heavy atom. The third kappa shape index (κ3) is 9.33. The molecule has 3 aliphatic rings. The normalized spacial score (nSPS) is 23.1. The molecule has 1 aromatic carbocycles. The molecular weight excluding hydrogens is 726 g/mol. The summed E-state index contributed by atoms with van der Waals surface area (Å²) in [5.41, 5.74) is 10.4.